The van der Waals surface area contributed by atoms with Gasteiger partial charge in [-0.2, -0.15) is 0 Å². The van der Waals surface area contributed by atoms with E-state index < -0.39 is 0 Å². The molecule has 0 heterocycles. The highest BCUT2D eigenvalue weighted by Crippen LogP contribution is 2.04. The van der Waals surface area contributed by atoms with Gasteiger partial charge >= 0.3 is 0 Å². The molecule has 0 N–H and O–H groups in total. The quantitative estimate of drug-likeness (QED) is 0.413. The number of aliphatic imine (C=N–C) groups is 1. The van der Waals surface area contributed by atoms with Crippen molar-refractivity contribution in [2.24, 2.45) is 4.99 Å². The molecule has 0 aromatic carbocycles. The van der Waals surface area contributed by atoms with Gasteiger partial charge in [0, 0.05) is 18.6 Å². The average Bonchev–Trinajstić information content (AvgIpc) is 2.10. The lowest BCUT2D eigenvalue weighted by atomic mass is 10.5. The van der Waals surface area contributed by atoms with E-state index >= 15 is 0 Å². The predicted molar refractivity (Wildman–Crippen MR) is 62.6 cm³/mol. The number of hydrogen-bond acceptors (Lipinski definition) is 2. The summed E-state index contributed by atoms with van der Waals surface area (Å²) < 4.78 is 0. The molecule has 0 bridgehead atoms. The summed E-state index contributed by atoms with van der Waals surface area (Å²) in [7, 11) is 0. The fraction of sp³-hybridized carbons (Fsp3) is 0.100. The smallest absolute Gasteiger partial charge is 0.135 e. The number of hydrogen-bond donors (Lipinski definition) is 1. The van der Waals surface area contributed by atoms with Crippen LogP contribution in [0.1, 0.15) is 6.92 Å². The third kappa shape index (κ3) is 4.38. The molecule has 0 atom stereocenters. The van der Waals surface area contributed by atoms with Crippen molar-refractivity contribution in [3.63, 3.8) is 0 Å². The van der Waals surface area contributed by atoms with E-state index in [2.05, 4.69) is 37.4 Å². The summed E-state index contributed by atoms with van der Waals surface area (Å²) in [6.07, 6.45) is 6.50. The average molecular weight is 194 g/mol. The second kappa shape index (κ2) is 6.31. The highest BCUT2D eigenvalue weighted by Gasteiger charge is 1.99. The standard InChI is InChI=1S/C10H14N2S/c1-5-10(11-6-2)12(7-3)8-9(4)13/h5-8,13H,1-3H2,4H3/b9-8+,11-10-. The van der Waals surface area contributed by atoms with Crippen LogP contribution in [0.3, 0.4) is 0 Å². The Labute approximate surface area is 85.1 Å². The van der Waals surface area contributed by atoms with Crippen LogP contribution in [0.2, 0.25) is 0 Å². The predicted octanol–water partition coefficient (Wildman–Crippen LogP) is 2.95. The molecular weight excluding hydrogens is 180 g/mol. The van der Waals surface area contributed by atoms with Crippen molar-refractivity contribution in [3.8, 4) is 0 Å². The Morgan fingerprint density at radius 2 is 2.00 bits per heavy atom. The van der Waals surface area contributed by atoms with Crippen molar-refractivity contribution in [1.82, 2.24) is 4.90 Å². The fourth-order valence-electron chi connectivity index (χ4n) is 0.732. The number of thiol groups is 1. The second-order valence-electron chi connectivity index (χ2n) is 2.23. The van der Waals surface area contributed by atoms with Crippen LogP contribution < -0.4 is 0 Å². The van der Waals surface area contributed by atoms with Crippen LogP contribution >= 0.6 is 12.6 Å². The molecule has 0 aliphatic heterocycles. The topological polar surface area (TPSA) is 15.6 Å². The van der Waals surface area contributed by atoms with Gasteiger partial charge in [-0.3, -0.25) is 0 Å². The summed E-state index contributed by atoms with van der Waals surface area (Å²) in [6.45, 7) is 12.7. The zero-order valence-electron chi connectivity index (χ0n) is 7.77. The Morgan fingerprint density at radius 1 is 1.38 bits per heavy atom. The number of amidine groups is 1. The Balaban J connectivity index is 4.83. The first-order chi connectivity index (χ1) is 6.15. The largest absolute Gasteiger partial charge is 0.309 e. The van der Waals surface area contributed by atoms with Gasteiger partial charge in [0.2, 0.25) is 0 Å². The zero-order chi connectivity index (χ0) is 10.3. The summed E-state index contributed by atoms with van der Waals surface area (Å²) in [5.74, 6) is 0.665. The lowest BCUT2D eigenvalue weighted by Gasteiger charge is -2.14. The fourth-order valence-corrected chi connectivity index (χ4v) is 0.856. The molecule has 70 valence electrons. The number of rotatable bonds is 4. The van der Waals surface area contributed by atoms with Gasteiger partial charge in [0.15, 0.2) is 0 Å². The van der Waals surface area contributed by atoms with E-state index in [9.17, 15) is 0 Å². The maximum absolute atomic E-state index is 4.15. The molecule has 0 fully saturated rings. The number of nitrogens with zero attached hydrogens (tertiary/aromatic N) is 2. The second-order valence-corrected chi connectivity index (χ2v) is 2.94. The third-order valence-corrected chi connectivity index (χ3v) is 1.31. The van der Waals surface area contributed by atoms with Gasteiger partial charge in [0.1, 0.15) is 5.84 Å². The normalized spacial score (nSPS) is 12.2. The van der Waals surface area contributed by atoms with Crippen molar-refractivity contribution in [3.05, 3.63) is 49.3 Å². The minimum atomic E-state index is 0.665. The third-order valence-electron chi connectivity index (χ3n) is 1.19. The maximum Gasteiger partial charge on any atom is 0.135 e. The first kappa shape index (κ1) is 11.8. The first-order valence-corrected chi connectivity index (χ1v) is 4.19. The summed E-state index contributed by atoms with van der Waals surface area (Å²) >= 11 is 4.15. The molecule has 0 spiro atoms. The van der Waals surface area contributed by atoms with Crippen LogP contribution in [0.25, 0.3) is 0 Å². The molecule has 0 rings (SSSR count). The zero-order valence-corrected chi connectivity index (χ0v) is 8.67. The summed E-state index contributed by atoms with van der Waals surface area (Å²) in [6, 6.07) is 0. The molecule has 0 radical (unpaired) electrons. The minimum absolute atomic E-state index is 0.665. The molecule has 2 nitrogen and oxygen atoms in total. The van der Waals surface area contributed by atoms with Gasteiger partial charge in [0.25, 0.3) is 0 Å². The Kier molecular flexibility index (Phi) is 5.72. The molecule has 3 heteroatoms. The highest BCUT2D eigenvalue weighted by molar-refractivity contribution is 7.84. The summed E-state index contributed by atoms with van der Waals surface area (Å²) in [5, 5.41) is 0. The van der Waals surface area contributed by atoms with Crippen molar-refractivity contribution in [2.45, 2.75) is 6.92 Å². The molecule has 0 aromatic rings. The number of allylic oxidation sites excluding steroid dienone is 1. The Hall–Kier alpha value is -1.22. The van der Waals surface area contributed by atoms with E-state index in [1.807, 2.05) is 6.92 Å². The molecule has 0 saturated carbocycles. The van der Waals surface area contributed by atoms with Gasteiger partial charge < -0.3 is 4.90 Å². The van der Waals surface area contributed by atoms with Crippen molar-refractivity contribution < 1.29 is 0 Å². The van der Waals surface area contributed by atoms with Crippen LogP contribution in [0.4, 0.5) is 0 Å². The van der Waals surface area contributed by atoms with E-state index in [1.54, 1.807) is 23.4 Å². The Bertz CT molecular complexity index is 260. The summed E-state index contributed by atoms with van der Waals surface area (Å²) in [4.78, 5) is 6.58. The minimum Gasteiger partial charge on any atom is -0.309 e. The van der Waals surface area contributed by atoms with Crippen LogP contribution in [0.15, 0.2) is 54.3 Å². The highest BCUT2D eigenvalue weighted by atomic mass is 32.1. The summed E-state index contributed by atoms with van der Waals surface area (Å²) in [5.41, 5.74) is 0. The molecule has 0 saturated heterocycles. The van der Waals surface area contributed by atoms with Crippen LogP contribution in [-0.4, -0.2) is 10.7 Å². The van der Waals surface area contributed by atoms with Crippen molar-refractivity contribution >= 4 is 18.5 Å². The molecule has 0 aromatic heterocycles. The van der Waals surface area contributed by atoms with Gasteiger partial charge in [-0.15, -0.1) is 12.6 Å². The van der Waals surface area contributed by atoms with Crippen molar-refractivity contribution in [2.75, 3.05) is 0 Å². The molecule has 0 aliphatic carbocycles. The maximum atomic E-state index is 4.15. The van der Waals surface area contributed by atoms with Gasteiger partial charge in [-0.05, 0) is 17.9 Å². The molecule has 13 heavy (non-hydrogen) atoms. The molecule has 0 amide bonds. The van der Waals surface area contributed by atoms with Crippen molar-refractivity contribution in [1.29, 1.82) is 0 Å². The van der Waals surface area contributed by atoms with E-state index in [4.69, 9.17) is 0 Å². The van der Waals surface area contributed by atoms with E-state index in [0.29, 0.717) is 5.84 Å². The van der Waals surface area contributed by atoms with Gasteiger partial charge in [-0.1, -0.05) is 19.7 Å². The molecule has 0 aliphatic rings. The molecular formula is C10H14N2S. The lowest BCUT2D eigenvalue weighted by molar-refractivity contribution is 0.763. The van der Waals surface area contributed by atoms with Gasteiger partial charge in [-0.25, -0.2) is 4.99 Å². The first-order valence-electron chi connectivity index (χ1n) is 3.75. The Morgan fingerprint density at radius 3 is 2.31 bits per heavy atom. The monoisotopic (exact) mass is 194 g/mol. The van der Waals surface area contributed by atoms with Crippen LogP contribution in [0, 0.1) is 0 Å². The van der Waals surface area contributed by atoms with Crippen LogP contribution in [0.5, 0.6) is 0 Å². The van der Waals surface area contributed by atoms with E-state index in [1.165, 1.54) is 6.20 Å². The van der Waals surface area contributed by atoms with E-state index in [-0.39, 0.29) is 0 Å². The molecule has 0 unspecified atom stereocenters. The van der Waals surface area contributed by atoms with Gasteiger partial charge in [0.05, 0.1) is 0 Å². The van der Waals surface area contributed by atoms with Crippen LogP contribution in [-0.2, 0) is 0 Å². The SMILES string of the molecule is C=C/N=C(/C=C)N(C=C)/C=C(\C)S. The lowest BCUT2D eigenvalue weighted by Crippen LogP contribution is -2.17. The van der Waals surface area contributed by atoms with E-state index in [0.717, 1.165) is 4.91 Å².